The number of hydrogen-bond donors (Lipinski definition) is 2. The molecule has 2 N–H and O–H groups in total. The number of halogens is 1. The molecule has 1 heterocycles. The Balaban J connectivity index is 1.22. The number of aliphatic hydroxyl groups excluding tert-OH is 1. The monoisotopic (exact) mass is 423 g/mol. The van der Waals surface area contributed by atoms with Crippen LogP contribution in [-0.4, -0.2) is 50.5 Å². The van der Waals surface area contributed by atoms with Gasteiger partial charge >= 0.3 is 0 Å². The predicted molar refractivity (Wildman–Crippen MR) is 119 cm³/mol. The highest BCUT2D eigenvalue weighted by Crippen LogP contribution is 2.25. The molecule has 1 fully saturated rings. The van der Waals surface area contributed by atoms with Crippen LogP contribution in [-0.2, 0) is 0 Å². The van der Waals surface area contributed by atoms with E-state index >= 15 is 0 Å². The zero-order chi connectivity index (χ0) is 21.5. The van der Waals surface area contributed by atoms with Gasteiger partial charge in [0.05, 0.1) is 31.9 Å². The van der Waals surface area contributed by atoms with E-state index in [0.717, 1.165) is 31.9 Å². The van der Waals surface area contributed by atoms with E-state index in [-0.39, 0.29) is 12.4 Å². The van der Waals surface area contributed by atoms with Crippen LogP contribution in [0.15, 0.2) is 78.9 Å². The van der Waals surface area contributed by atoms with Gasteiger partial charge in [-0.2, -0.15) is 0 Å². The molecule has 3 aromatic rings. The van der Waals surface area contributed by atoms with Crippen LogP contribution in [0.2, 0.25) is 0 Å². The number of quaternary nitrogens is 1. The molecular weight excluding hydrogens is 395 g/mol. The first-order valence-corrected chi connectivity index (χ1v) is 10.6. The van der Waals surface area contributed by atoms with Gasteiger partial charge < -0.3 is 24.4 Å². The van der Waals surface area contributed by atoms with Gasteiger partial charge in [0.25, 0.3) is 0 Å². The lowest BCUT2D eigenvalue weighted by Gasteiger charge is -2.34. The molecule has 31 heavy (non-hydrogen) atoms. The van der Waals surface area contributed by atoms with Gasteiger partial charge in [0.2, 0.25) is 0 Å². The number of para-hydroxylation sites is 2. The average Bonchev–Trinajstić information content (AvgIpc) is 2.80. The molecule has 1 saturated heterocycles. The fraction of sp³-hybridized carbons (Fsp3) is 0.280. The second kappa shape index (κ2) is 10.3. The molecule has 6 heteroatoms. The first kappa shape index (κ1) is 21.2. The van der Waals surface area contributed by atoms with Crippen molar-refractivity contribution in [3.05, 3.63) is 84.7 Å². The molecule has 3 aromatic carbocycles. The van der Waals surface area contributed by atoms with Crippen LogP contribution >= 0.6 is 0 Å². The van der Waals surface area contributed by atoms with Crippen molar-refractivity contribution in [2.45, 2.75) is 6.10 Å². The third-order valence-electron chi connectivity index (χ3n) is 5.41. The Bertz CT molecular complexity index is 962. The van der Waals surface area contributed by atoms with E-state index in [1.54, 1.807) is 6.07 Å². The van der Waals surface area contributed by atoms with E-state index in [0.29, 0.717) is 23.7 Å². The summed E-state index contributed by atoms with van der Waals surface area (Å²) in [4.78, 5) is 3.37. The molecule has 0 radical (unpaired) electrons. The normalized spacial score (nSPS) is 15.5. The first-order valence-electron chi connectivity index (χ1n) is 10.6. The molecule has 0 aromatic heterocycles. The lowest BCUT2D eigenvalue weighted by atomic mass is 10.2. The summed E-state index contributed by atoms with van der Waals surface area (Å²) in [6, 6.07) is 23.9. The molecule has 0 unspecified atom stereocenters. The molecule has 1 aliphatic heterocycles. The zero-order valence-electron chi connectivity index (χ0n) is 17.4. The molecule has 0 amide bonds. The lowest BCUT2D eigenvalue weighted by molar-refractivity contribution is -0.903. The van der Waals surface area contributed by atoms with Crippen molar-refractivity contribution in [3.63, 3.8) is 0 Å². The smallest absolute Gasteiger partial charge is 0.146 e. The Kier molecular flexibility index (Phi) is 7.02. The zero-order valence-corrected chi connectivity index (χ0v) is 17.4. The summed E-state index contributed by atoms with van der Waals surface area (Å²) in [5.41, 5.74) is 0.656. The van der Waals surface area contributed by atoms with Gasteiger partial charge in [-0.3, -0.25) is 0 Å². The fourth-order valence-corrected chi connectivity index (χ4v) is 3.81. The van der Waals surface area contributed by atoms with E-state index in [4.69, 9.17) is 9.47 Å². The molecular formula is C25H28FN2O3+. The average molecular weight is 424 g/mol. The Labute approximate surface area is 182 Å². The number of piperazine rings is 1. The predicted octanol–water partition coefficient (Wildman–Crippen LogP) is 2.76. The summed E-state index contributed by atoms with van der Waals surface area (Å²) in [5.74, 6) is 1.93. The van der Waals surface area contributed by atoms with Crippen molar-refractivity contribution in [1.82, 2.24) is 0 Å². The van der Waals surface area contributed by atoms with Crippen molar-refractivity contribution < 1.29 is 23.9 Å². The number of aliphatic hydroxyl groups is 1. The maximum atomic E-state index is 14.0. The van der Waals surface area contributed by atoms with Crippen LogP contribution in [0.3, 0.4) is 0 Å². The molecule has 0 saturated carbocycles. The minimum Gasteiger partial charge on any atom is -0.491 e. The molecule has 1 atom stereocenters. The largest absolute Gasteiger partial charge is 0.491 e. The Morgan fingerprint density at radius 3 is 2.32 bits per heavy atom. The van der Waals surface area contributed by atoms with Crippen molar-refractivity contribution in [3.8, 4) is 17.2 Å². The van der Waals surface area contributed by atoms with E-state index in [1.165, 1.54) is 11.0 Å². The number of hydrogen-bond acceptors (Lipinski definition) is 4. The summed E-state index contributed by atoms with van der Waals surface area (Å²) in [6.07, 6.45) is -0.575. The molecule has 5 nitrogen and oxygen atoms in total. The number of ether oxygens (including phenoxy) is 2. The highest BCUT2D eigenvalue weighted by atomic mass is 19.1. The Morgan fingerprint density at radius 1 is 0.871 bits per heavy atom. The summed E-state index contributed by atoms with van der Waals surface area (Å²) in [6.45, 7) is 4.06. The van der Waals surface area contributed by atoms with Gasteiger partial charge in [0.15, 0.2) is 0 Å². The number of nitrogens with zero attached hydrogens (tertiary/aromatic N) is 1. The van der Waals surface area contributed by atoms with E-state index in [1.807, 2.05) is 66.7 Å². The fourth-order valence-electron chi connectivity index (χ4n) is 3.81. The number of rotatable bonds is 8. The van der Waals surface area contributed by atoms with Crippen molar-refractivity contribution in [2.75, 3.05) is 44.2 Å². The van der Waals surface area contributed by atoms with Gasteiger partial charge in [-0.15, -0.1) is 0 Å². The third-order valence-corrected chi connectivity index (χ3v) is 5.41. The van der Waals surface area contributed by atoms with Crippen molar-refractivity contribution in [1.29, 1.82) is 0 Å². The molecule has 4 rings (SSSR count). The van der Waals surface area contributed by atoms with E-state index in [2.05, 4.69) is 4.90 Å². The van der Waals surface area contributed by atoms with E-state index in [9.17, 15) is 9.50 Å². The molecule has 0 aliphatic carbocycles. The number of anilines is 1. The van der Waals surface area contributed by atoms with Crippen LogP contribution in [0.5, 0.6) is 17.2 Å². The van der Waals surface area contributed by atoms with Gasteiger partial charge in [-0.1, -0.05) is 36.4 Å². The molecule has 162 valence electrons. The maximum Gasteiger partial charge on any atom is 0.146 e. The Hall–Kier alpha value is -3.09. The summed E-state index contributed by atoms with van der Waals surface area (Å²) >= 11 is 0. The minimum absolute atomic E-state index is 0.183. The van der Waals surface area contributed by atoms with Gasteiger partial charge in [-0.25, -0.2) is 4.39 Å². The van der Waals surface area contributed by atoms with Crippen LogP contribution in [0.25, 0.3) is 0 Å². The summed E-state index contributed by atoms with van der Waals surface area (Å²) < 4.78 is 25.6. The molecule has 0 spiro atoms. The summed E-state index contributed by atoms with van der Waals surface area (Å²) in [7, 11) is 0. The van der Waals surface area contributed by atoms with Gasteiger partial charge in [0, 0.05) is 6.07 Å². The van der Waals surface area contributed by atoms with E-state index < -0.39 is 6.10 Å². The third kappa shape index (κ3) is 5.96. The van der Waals surface area contributed by atoms with Crippen molar-refractivity contribution >= 4 is 5.69 Å². The van der Waals surface area contributed by atoms with Gasteiger partial charge in [-0.05, 0) is 36.4 Å². The number of benzene rings is 3. The standard InChI is InChI=1S/C25H27FN2O3/c26-24-11-4-5-12-25(24)28-15-13-27(14-16-28)18-20(29)19-30-22-9-6-10-23(17-22)31-21-7-2-1-3-8-21/h1-12,17,20,29H,13-16,18-19H2/p+1/t20-/m0/s1. The number of nitrogens with one attached hydrogen (secondary N) is 1. The first-order chi connectivity index (χ1) is 15.2. The molecule has 1 aliphatic rings. The SMILES string of the molecule is O[C@H](COc1cccc(Oc2ccccc2)c1)C[NH+]1CCN(c2ccccc2F)CC1. The van der Waals surface area contributed by atoms with Crippen molar-refractivity contribution in [2.24, 2.45) is 0 Å². The van der Waals surface area contributed by atoms with Crippen LogP contribution in [0.4, 0.5) is 10.1 Å². The Morgan fingerprint density at radius 2 is 1.55 bits per heavy atom. The highest BCUT2D eigenvalue weighted by molar-refractivity contribution is 5.47. The minimum atomic E-state index is -0.575. The topological polar surface area (TPSA) is 46.4 Å². The summed E-state index contributed by atoms with van der Waals surface area (Å²) in [5, 5.41) is 10.4. The second-order valence-electron chi connectivity index (χ2n) is 7.75. The van der Waals surface area contributed by atoms with Gasteiger partial charge in [0.1, 0.15) is 42.3 Å². The second-order valence-corrected chi connectivity index (χ2v) is 7.75. The molecule has 0 bridgehead atoms. The van der Waals surface area contributed by atoms with Crippen LogP contribution < -0.4 is 19.3 Å². The quantitative estimate of drug-likeness (QED) is 0.585. The lowest BCUT2D eigenvalue weighted by Crippen LogP contribution is -3.16. The van der Waals surface area contributed by atoms with Crippen LogP contribution in [0.1, 0.15) is 0 Å². The highest BCUT2D eigenvalue weighted by Gasteiger charge is 2.24. The maximum absolute atomic E-state index is 14.0. The van der Waals surface area contributed by atoms with Crippen LogP contribution in [0, 0.1) is 5.82 Å².